The molecule has 0 bridgehead atoms. The molecule has 1 aliphatic heterocycles. The minimum atomic E-state index is 0.347. The summed E-state index contributed by atoms with van der Waals surface area (Å²) in [5.74, 6) is 1.54. The molecule has 1 N–H and O–H groups in total. The van der Waals surface area contributed by atoms with Gasteiger partial charge in [0, 0.05) is 18.8 Å². The van der Waals surface area contributed by atoms with Gasteiger partial charge in [0.15, 0.2) is 0 Å². The largest absolute Gasteiger partial charge is 0.384 e. The predicted molar refractivity (Wildman–Crippen MR) is 86.8 cm³/mol. The van der Waals surface area contributed by atoms with Gasteiger partial charge >= 0.3 is 0 Å². The van der Waals surface area contributed by atoms with Crippen LogP contribution in [0.2, 0.25) is 0 Å². The lowest BCUT2D eigenvalue weighted by Crippen LogP contribution is -2.12. The maximum absolute atomic E-state index is 4.94. The number of para-hydroxylation sites is 3. The van der Waals surface area contributed by atoms with Gasteiger partial charge in [0.2, 0.25) is 0 Å². The van der Waals surface area contributed by atoms with Crippen LogP contribution < -0.4 is 5.32 Å². The SMILES string of the molecule is CCCn1c(C2CNc3ccccc32)nc2ccccc21. The molecule has 3 heteroatoms. The molecule has 3 nitrogen and oxygen atoms in total. The van der Waals surface area contributed by atoms with Gasteiger partial charge in [-0.3, -0.25) is 0 Å². The quantitative estimate of drug-likeness (QED) is 0.784. The van der Waals surface area contributed by atoms with Crippen LogP contribution in [0.15, 0.2) is 48.5 Å². The number of aromatic nitrogens is 2. The van der Waals surface area contributed by atoms with Gasteiger partial charge in [-0.1, -0.05) is 37.3 Å². The molecule has 21 heavy (non-hydrogen) atoms. The lowest BCUT2D eigenvalue weighted by atomic mass is 10.0. The van der Waals surface area contributed by atoms with E-state index in [1.54, 1.807) is 0 Å². The second kappa shape index (κ2) is 4.92. The van der Waals surface area contributed by atoms with Gasteiger partial charge in [-0.2, -0.15) is 0 Å². The predicted octanol–water partition coefficient (Wildman–Crippen LogP) is 4.00. The summed E-state index contributed by atoms with van der Waals surface area (Å²) in [5.41, 5.74) is 4.96. The number of rotatable bonds is 3. The molecule has 3 aromatic rings. The van der Waals surface area contributed by atoms with Gasteiger partial charge in [0.1, 0.15) is 5.82 Å². The van der Waals surface area contributed by atoms with Crippen molar-refractivity contribution in [3.8, 4) is 0 Å². The maximum atomic E-state index is 4.94. The van der Waals surface area contributed by atoms with Crippen LogP contribution in [-0.2, 0) is 6.54 Å². The molecule has 0 aliphatic carbocycles. The Morgan fingerprint density at radius 3 is 2.86 bits per heavy atom. The van der Waals surface area contributed by atoms with Crippen LogP contribution in [0.25, 0.3) is 11.0 Å². The number of fused-ring (bicyclic) bond motifs is 2. The van der Waals surface area contributed by atoms with E-state index in [0.717, 1.165) is 25.0 Å². The molecule has 106 valence electrons. The van der Waals surface area contributed by atoms with E-state index in [1.165, 1.54) is 22.6 Å². The summed E-state index contributed by atoms with van der Waals surface area (Å²) in [6.45, 7) is 4.18. The van der Waals surface area contributed by atoms with Crippen LogP contribution in [0.4, 0.5) is 5.69 Å². The summed E-state index contributed by atoms with van der Waals surface area (Å²) in [6.07, 6.45) is 1.12. The van der Waals surface area contributed by atoms with E-state index >= 15 is 0 Å². The molecule has 0 fully saturated rings. The Morgan fingerprint density at radius 1 is 1.14 bits per heavy atom. The summed E-state index contributed by atoms with van der Waals surface area (Å²) < 4.78 is 2.39. The van der Waals surface area contributed by atoms with Crippen molar-refractivity contribution < 1.29 is 0 Å². The van der Waals surface area contributed by atoms with Crippen LogP contribution in [0.1, 0.15) is 30.7 Å². The Hall–Kier alpha value is -2.29. The topological polar surface area (TPSA) is 29.9 Å². The fourth-order valence-electron chi connectivity index (χ4n) is 3.33. The summed E-state index contributed by atoms with van der Waals surface area (Å²) in [4.78, 5) is 4.94. The Bertz CT molecular complexity index is 788. The summed E-state index contributed by atoms with van der Waals surface area (Å²) in [5, 5.41) is 3.51. The van der Waals surface area contributed by atoms with E-state index in [1.807, 2.05) is 0 Å². The second-order valence-corrected chi connectivity index (χ2v) is 5.63. The molecule has 0 amide bonds. The van der Waals surface area contributed by atoms with Gasteiger partial charge < -0.3 is 9.88 Å². The van der Waals surface area contributed by atoms with Crippen molar-refractivity contribution in [2.45, 2.75) is 25.8 Å². The highest BCUT2D eigenvalue weighted by atomic mass is 15.1. The zero-order valence-electron chi connectivity index (χ0n) is 12.2. The molecular formula is C18H19N3. The molecule has 1 aromatic heterocycles. The van der Waals surface area contributed by atoms with E-state index < -0.39 is 0 Å². The first kappa shape index (κ1) is 12.5. The van der Waals surface area contributed by atoms with Gasteiger partial charge in [-0.25, -0.2) is 4.98 Å². The lowest BCUT2D eigenvalue weighted by Gasteiger charge is -2.13. The van der Waals surface area contributed by atoms with Crippen LogP contribution in [-0.4, -0.2) is 16.1 Å². The third kappa shape index (κ3) is 1.92. The third-order valence-corrected chi connectivity index (χ3v) is 4.28. The first-order valence-corrected chi connectivity index (χ1v) is 7.66. The molecular weight excluding hydrogens is 258 g/mol. The first-order valence-electron chi connectivity index (χ1n) is 7.66. The Kier molecular flexibility index (Phi) is 2.92. The van der Waals surface area contributed by atoms with Gasteiger partial charge in [0.05, 0.1) is 17.0 Å². The molecule has 1 atom stereocenters. The smallest absolute Gasteiger partial charge is 0.119 e. The zero-order valence-corrected chi connectivity index (χ0v) is 12.2. The molecule has 0 radical (unpaired) electrons. The zero-order chi connectivity index (χ0) is 14.2. The highest BCUT2D eigenvalue weighted by Crippen LogP contribution is 2.36. The minimum Gasteiger partial charge on any atom is -0.384 e. The number of benzene rings is 2. The first-order chi connectivity index (χ1) is 10.4. The van der Waals surface area contributed by atoms with Gasteiger partial charge in [0.25, 0.3) is 0 Å². The van der Waals surface area contributed by atoms with Gasteiger partial charge in [-0.05, 0) is 30.2 Å². The molecule has 1 aliphatic rings. The fraction of sp³-hybridized carbons (Fsp3) is 0.278. The normalized spacial score (nSPS) is 16.9. The van der Waals surface area contributed by atoms with Crippen LogP contribution >= 0.6 is 0 Å². The van der Waals surface area contributed by atoms with Crippen molar-refractivity contribution in [1.29, 1.82) is 0 Å². The van der Waals surface area contributed by atoms with Crippen molar-refractivity contribution >= 4 is 16.7 Å². The van der Waals surface area contributed by atoms with Gasteiger partial charge in [-0.15, -0.1) is 0 Å². The Balaban J connectivity index is 1.89. The fourth-order valence-corrected chi connectivity index (χ4v) is 3.33. The monoisotopic (exact) mass is 277 g/mol. The van der Waals surface area contributed by atoms with Crippen LogP contribution in [0, 0.1) is 0 Å². The van der Waals surface area contributed by atoms with E-state index in [0.29, 0.717) is 5.92 Å². The summed E-state index contributed by atoms with van der Waals surface area (Å²) in [7, 11) is 0. The number of nitrogens with zero attached hydrogens (tertiary/aromatic N) is 2. The number of nitrogens with one attached hydrogen (secondary N) is 1. The number of hydrogen-bond donors (Lipinski definition) is 1. The molecule has 2 heterocycles. The number of imidazole rings is 1. The van der Waals surface area contributed by atoms with Crippen molar-refractivity contribution in [3.63, 3.8) is 0 Å². The van der Waals surface area contributed by atoms with Crippen molar-refractivity contribution in [2.24, 2.45) is 0 Å². The molecule has 1 unspecified atom stereocenters. The van der Waals surface area contributed by atoms with E-state index in [-0.39, 0.29) is 0 Å². The average Bonchev–Trinajstić information content (AvgIpc) is 3.09. The highest BCUT2D eigenvalue weighted by Gasteiger charge is 2.27. The summed E-state index contributed by atoms with van der Waals surface area (Å²) >= 11 is 0. The molecule has 0 saturated carbocycles. The minimum absolute atomic E-state index is 0.347. The number of hydrogen-bond acceptors (Lipinski definition) is 2. The third-order valence-electron chi connectivity index (χ3n) is 4.28. The molecule has 4 rings (SSSR count). The Labute approximate surface area is 124 Å². The van der Waals surface area contributed by atoms with E-state index in [2.05, 4.69) is 65.3 Å². The molecule has 2 aromatic carbocycles. The summed E-state index contributed by atoms with van der Waals surface area (Å²) in [6, 6.07) is 17.0. The van der Waals surface area contributed by atoms with Crippen LogP contribution in [0.5, 0.6) is 0 Å². The Morgan fingerprint density at radius 2 is 1.95 bits per heavy atom. The number of anilines is 1. The van der Waals surface area contributed by atoms with Crippen LogP contribution in [0.3, 0.4) is 0 Å². The highest BCUT2D eigenvalue weighted by molar-refractivity contribution is 5.76. The number of aryl methyl sites for hydroxylation is 1. The van der Waals surface area contributed by atoms with Crippen molar-refractivity contribution in [2.75, 3.05) is 11.9 Å². The standard InChI is InChI=1S/C18H19N3/c1-2-11-21-17-10-6-5-9-16(17)20-18(21)14-12-19-15-8-4-3-7-13(14)15/h3-10,14,19H,2,11-12H2,1H3. The van der Waals surface area contributed by atoms with E-state index in [9.17, 15) is 0 Å². The lowest BCUT2D eigenvalue weighted by molar-refractivity contribution is 0.635. The molecule has 0 saturated heterocycles. The van der Waals surface area contributed by atoms with Crippen molar-refractivity contribution in [3.05, 3.63) is 59.9 Å². The molecule has 0 spiro atoms. The maximum Gasteiger partial charge on any atom is 0.119 e. The van der Waals surface area contributed by atoms with E-state index in [4.69, 9.17) is 4.98 Å². The van der Waals surface area contributed by atoms with Crippen molar-refractivity contribution in [1.82, 2.24) is 9.55 Å². The second-order valence-electron chi connectivity index (χ2n) is 5.63. The average molecular weight is 277 g/mol.